The summed E-state index contributed by atoms with van der Waals surface area (Å²) in [7, 11) is 0. The first kappa shape index (κ1) is 16.8. The Bertz CT molecular complexity index is 846. The van der Waals surface area contributed by atoms with Crippen LogP contribution in [-0.4, -0.2) is 24.2 Å². The molecule has 5 heteroatoms. The summed E-state index contributed by atoms with van der Waals surface area (Å²) in [6.45, 7) is 6.31. The van der Waals surface area contributed by atoms with Crippen LogP contribution in [-0.2, 0) is 4.79 Å². The maximum absolute atomic E-state index is 12.8. The van der Waals surface area contributed by atoms with Crippen molar-refractivity contribution in [1.29, 1.82) is 0 Å². The quantitative estimate of drug-likeness (QED) is 0.897. The minimum absolute atomic E-state index is 0.123. The molecule has 136 valence electrons. The molecule has 1 amide bonds. The predicted molar refractivity (Wildman–Crippen MR) is 97.7 cm³/mol. The highest BCUT2D eigenvalue weighted by molar-refractivity contribution is 5.82. The van der Waals surface area contributed by atoms with E-state index >= 15 is 0 Å². The zero-order valence-electron chi connectivity index (χ0n) is 15.2. The summed E-state index contributed by atoms with van der Waals surface area (Å²) in [6.07, 6.45) is 0.0312. The average molecular weight is 353 g/mol. The van der Waals surface area contributed by atoms with Gasteiger partial charge in [0.25, 0.3) is 5.91 Å². The van der Waals surface area contributed by atoms with E-state index in [2.05, 4.69) is 5.32 Å². The van der Waals surface area contributed by atoms with Crippen molar-refractivity contribution in [2.45, 2.75) is 44.9 Å². The summed E-state index contributed by atoms with van der Waals surface area (Å²) < 4.78 is 17.6. The molecule has 0 aliphatic carbocycles. The Labute approximate surface area is 153 Å². The van der Waals surface area contributed by atoms with Crippen molar-refractivity contribution < 1.29 is 19.0 Å². The Kier molecular flexibility index (Phi) is 4.02. The van der Waals surface area contributed by atoms with Crippen LogP contribution in [0.1, 0.15) is 37.4 Å². The zero-order chi connectivity index (χ0) is 18.3. The molecule has 0 bridgehead atoms. The van der Waals surface area contributed by atoms with Crippen molar-refractivity contribution in [2.24, 2.45) is 0 Å². The van der Waals surface area contributed by atoms with Gasteiger partial charge in [0.15, 0.2) is 11.5 Å². The minimum Gasteiger partial charge on any atom is -0.487 e. The summed E-state index contributed by atoms with van der Waals surface area (Å²) in [6, 6.07) is 13.4. The van der Waals surface area contributed by atoms with E-state index in [1.807, 2.05) is 63.2 Å². The summed E-state index contributed by atoms with van der Waals surface area (Å²) in [5, 5.41) is 3.13. The van der Waals surface area contributed by atoms with Gasteiger partial charge in [-0.25, -0.2) is 0 Å². The molecule has 0 fully saturated rings. The zero-order valence-corrected chi connectivity index (χ0v) is 15.2. The van der Waals surface area contributed by atoms with Gasteiger partial charge in [-0.2, -0.15) is 0 Å². The molecule has 1 N–H and O–H groups in total. The third kappa shape index (κ3) is 3.21. The molecule has 2 aliphatic rings. The number of nitrogens with one attached hydrogen (secondary N) is 1. The van der Waals surface area contributed by atoms with Crippen LogP contribution in [0, 0.1) is 6.92 Å². The van der Waals surface area contributed by atoms with Gasteiger partial charge in [-0.05, 0) is 44.5 Å². The number of amides is 1. The first-order valence-electron chi connectivity index (χ1n) is 8.90. The van der Waals surface area contributed by atoms with Crippen molar-refractivity contribution in [3.05, 3.63) is 53.6 Å². The summed E-state index contributed by atoms with van der Waals surface area (Å²) >= 11 is 0. The predicted octanol–water partition coefficient (Wildman–Crippen LogP) is 3.55. The lowest BCUT2D eigenvalue weighted by atomic mass is 9.89. The normalized spacial score (nSPS) is 22.7. The second-order valence-electron chi connectivity index (χ2n) is 7.53. The van der Waals surface area contributed by atoms with E-state index in [1.54, 1.807) is 0 Å². The van der Waals surface area contributed by atoms with Crippen molar-refractivity contribution in [1.82, 2.24) is 5.32 Å². The Morgan fingerprint density at radius 3 is 2.69 bits per heavy atom. The molecular formula is C21H23NO4. The molecule has 26 heavy (non-hydrogen) atoms. The number of carbonyl (C=O) groups is 1. The third-order valence-corrected chi connectivity index (χ3v) is 4.74. The van der Waals surface area contributed by atoms with E-state index in [1.165, 1.54) is 0 Å². The molecule has 0 aromatic heterocycles. The summed E-state index contributed by atoms with van der Waals surface area (Å²) in [5.41, 5.74) is 1.78. The molecule has 2 aliphatic heterocycles. The molecule has 2 atom stereocenters. The molecule has 5 nitrogen and oxygen atoms in total. The number of para-hydroxylation sites is 2. The second-order valence-corrected chi connectivity index (χ2v) is 7.53. The summed E-state index contributed by atoms with van der Waals surface area (Å²) in [4.78, 5) is 12.8. The van der Waals surface area contributed by atoms with Crippen LogP contribution < -0.4 is 19.5 Å². The molecule has 2 heterocycles. The van der Waals surface area contributed by atoms with Gasteiger partial charge in [0.2, 0.25) is 6.10 Å². The van der Waals surface area contributed by atoms with E-state index in [9.17, 15) is 4.79 Å². The SMILES string of the molecule is Cc1ccc2c(c1)OC(C)(C)C[C@@H]2NC(=O)[C@@H]1COc2ccccc2O1. The smallest absolute Gasteiger partial charge is 0.265 e. The number of hydrogen-bond acceptors (Lipinski definition) is 4. The van der Waals surface area contributed by atoms with Crippen molar-refractivity contribution in [3.8, 4) is 17.2 Å². The molecular weight excluding hydrogens is 330 g/mol. The highest BCUT2D eigenvalue weighted by Crippen LogP contribution is 2.40. The molecule has 2 aromatic carbocycles. The highest BCUT2D eigenvalue weighted by atomic mass is 16.6. The number of hydrogen-bond donors (Lipinski definition) is 1. The van der Waals surface area contributed by atoms with Gasteiger partial charge >= 0.3 is 0 Å². The number of carbonyl (C=O) groups excluding carboxylic acids is 1. The highest BCUT2D eigenvalue weighted by Gasteiger charge is 2.36. The van der Waals surface area contributed by atoms with E-state index in [4.69, 9.17) is 14.2 Å². The first-order valence-corrected chi connectivity index (χ1v) is 8.90. The van der Waals surface area contributed by atoms with Gasteiger partial charge in [0.1, 0.15) is 18.0 Å². The maximum atomic E-state index is 12.8. The van der Waals surface area contributed by atoms with Crippen LogP contribution in [0.5, 0.6) is 17.2 Å². The molecule has 2 aromatic rings. The van der Waals surface area contributed by atoms with Gasteiger partial charge in [0, 0.05) is 12.0 Å². The van der Waals surface area contributed by atoms with Gasteiger partial charge < -0.3 is 19.5 Å². The first-order chi connectivity index (χ1) is 12.4. The van der Waals surface area contributed by atoms with E-state index < -0.39 is 6.10 Å². The lowest BCUT2D eigenvalue weighted by Crippen LogP contribution is -2.48. The van der Waals surface area contributed by atoms with Gasteiger partial charge in [-0.3, -0.25) is 4.79 Å². The topological polar surface area (TPSA) is 56.8 Å². The van der Waals surface area contributed by atoms with Crippen molar-refractivity contribution in [2.75, 3.05) is 6.61 Å². The fourth-order valence-electron chi connectivity index (χ4n) is 3.50. The Morgan fingerprint density at radius 1 is 1.12 bits per heavy atom. The molecule has 4 rings (SSSR count). The standard InChI is InChI=1S/C21H23NO4/c1-13-8-9-14-15(11-21(2,3)26-18(14)10-13)22-20(23)19-12-24-16-6-4-5-7-17(16)25-19/h4-10,15,19H,11-12H2,1-3H3,(H,22,23)/t15-,19-/m0/s1. The lowest BCUT2D eigenvalue weighted by molar-refractivity contribution is -0.131. The molecule has 0 spiro atoms. The summed E-state index contributed by atoms with van der Waals surface area (Å²) in [5.74, 6) is 1.93. The third-order valence-electron chi connectivity index (χ3n) is 4.74. The van der Waals surface area contributed by atoms with Crippen LogP contribution >= 0.6 is 0 Å². The lowest BCUT2D eigenvalue weighted by Gasteiger charge is -2.38. The molecule has 0 unspecified atom stereocenters. The molecule has 0 saturated heterocycles. The fourth-order valence-corrected chi connectivity index (χ4v) is 3.50. The van der Waals surface area contributed by atoms with Crippen molar-refractivity contribution >= 4 is 5.91 Å². The average Bonchev–Trinajstić information content (AvgIpc) is 2.59. The number of benzene rings is 2. The molecule has 0 radical (unpaired) electrons. The number of aryl methyl sites for hydroxylation is 1. The number of fused-ring (bicyclic) bond motifs is 2. The Hall–Kier alpha value is -2.69. The van der Waals surface area contributed by atoms with Crippen LogP contribution in [0.4, 0.5) is 0 Å². The van der Waals surface area contributed by atoms with Gasteiger partial charge in [-0.15, -0.1) is 0 Å². The van der Waals surface area contributed by atoms with Crippen LogP contribution in [0.2, 0.25) is 0 Å². The largest absolute Gasteiger partial charge is 0.487 e. The van der Waals surface area contributed by atoms with E-state index in [0.717, 1.165) is 16.9 Å². The Morgan fingerprint density at radius 2 is 1.88 bits per heavy atom. The Balaban J connectivity index is 1.53. The van der Waals surface area contributed by atoms with E-state index in [-0.39, 0.29) is 24.2 Å². The van der Waals surface area contributed by atoms with E-state index in [0.29, 0.717) is 17.9 Å². The maximum Gasteiger partial charge on any atom is 0.265 e. The van der Waals surface area contributed by atoms with Gasteiger partial charge in [0.05, 0.1) is 6.04 Å². The minimum atomic E-state index is -0.662. The monoisotopic (exact) mass is 353 g/mol. The second kappa shape index (κ2) is 6.24. The van der Waals surface area contributed by atoms with Gasteiger partial charge in [-0.1, -0.05) is 24.3 Å². The number of rotatable bonds is 2. The fraction of sp³-hybridized carbons (Fsp3) is 0.381. The van der Waals surface area contributed by atoms with Crippen LogP contribution in [0.15, 0.2) is 42.5 Å². The van der Waals surface area contributed by atoms with Crippen LogP contribution in [0.3, 0.4) is 0 Å². The van der Waals surface area contributed by atoms with Crippen LogP contribution in [0.25, 0.3) is 0 Å². The molecule has 0 saturated carbocycles. The van der Waals surface area contributed by atoms with Crippen molar-refractivity contribution in [3.63, 3.8) is 0 Å². The number of ether oxygens (including phenoxy) is 3.